The van der Waals surface area contributed by atoms with Crippen molar-refractivity contribution in [3.8, 4) is 17.2 Å². The zero-order valence-corrected chi connectivity index (χ0v) is 10.4. The molecular weight excluding hydrogens is 252 g/mol. The summed E-state index contributed by atoms with van der Waals surface area (Å²) in [5.74, 6) is -0.178. The van der Waals surface area contributed by atoms with Crippen LogP contribution >= 0.6 is 0 Å². The molecule has 0 amide bonds. The fraction of sp³-hybridized carbons (Fsp3) is 0.308. The van der Waals surface area contributed by atoms with Gasteiger partial charge in [0.1, 0.15) is 0 Å². The Balaban J connectivity index is 2.53. The van der Waals surface area contributed by atoms with Crippen molar-refractivity contribution in [3.63, 3.8) is 0 Å². The van der Waals surface area contributed by atoms with E-state index >= 15 is 0 Å². The summed E-state index contributed by atoms with van der Waals surface area (Å²) in [6, 6.07) is 4.87. The van der Waals surface area contributed by atoms with Crippen molar-refractivity contribution >= 4 is 11.0 Å². The first-order chi connectivity index (χ1) is 9.19. The third-order valence-corrected chi connectivity index (χ3v) is 2.59. The molecule has 102 valence electrons. The Morgan fingerprint density at radius 2 is 2.16 bits per heavy atom. The van der Waals surface area contributed by atoms with Gasteiger partial charge in [0.15, 0.2) is 17.1 Å². The van der Waals surface area contributed by atoms with Crippen LogP contribution in [0.3, 0.4) is 0 Å². The number of benzene rings is 1. The second-order valence-electron chi connectivity index (χ2n) is 3.83. The second-order valence-corrected chi connectivity index (χ2v) is 3.83. The van der Waals surface area contributed by atoms with Gasteiger partial charge in [-0.2, -0.15) is 0 Å². The number of fused-ring (bicyclic) bond motifs is 1. The number of aromatic hydroxyl groups is 1. The van der Waals surface area contributed by atoms with E-state index in [-0.39, 0.29) is 30.3 Å². The Morgan fingerprint density at radius 1 is 1.37 bits per heavy atom. The minimum atomic E-state index is -0.772. The maximum absolute atomic E-state index is 11.6. The predicted molar refractivity (Wildman–Crippen MR) is 67.9 cm³/mol. The third kappa shape index (κ3) is 2.48. The first-order valence-corrected chi connectivity index (χ1v) is 5.75. The van der Waals surface area contributed by atoms with Gasteiger partial charge in [-0.3, -0.25) is 0 Å². The summed E-state index contributed by atoms with van der Waals surface area (Å²) in [7, 11) is 1.28. The molecule has 0 aliphatic rings. The number of ether oxygens (including phenoxy) is 2. The van der Waals surface area contributed by atoms with Gasteiger partial charge in [-0.1, -0.05) is 6.07 Å². The number of hydrogen-bond acceptors (Lipinski definition) is 6. The summed E-state index contributed by atoms with van der Waals surface area (Å²) in [5.41, 5.74) is -0.616. The highest BCUT2D eigenvalue weighted by atomic mass is 16.5. The van der Waals surface area contributed by atoms with Crippen LogP contribution in [0.25, 0.3) is 11.0 Å². The Morgan fingerprint density at radius 3 is 2.84 bits per heavy atom. The van der Waals surface area contributed by atoms with Gasteiger partial charge in [-0.15, -0.1) is 0 Å². The van der Waals surface area contributed by atoms with Gasteiger partial charge >= 0.3 is 5.63 Å². The van der Waals surface area contributed by atoms with E-state index in [0.717, 1.165) is 0 Å². The molecule has 2 N–H and O–H groups in total. The second kappa shape index (κ2) is 5.62. The SMILES string of the molecule is COc1c(O)c2cccc(OCCCO)c2oc1=O. The largest absolute Gasteiger partial charge is 0.504 e. The monoisotopic (exact) mass is 266 g/mol. The van der Waals surface area contributed by atoms with E-state index in [2.05, 4.69) is 0 Å². The van der Waals surface area contributed by atoms with Crippen molar-refractivity contribution in [1.82, 2.24) is 0 Å². The lowest BCUT2D eigenvalue weighted by molar-refractivity contribution is 0.233. The predicted octanol–water partition coefficient (Wildman–Crippen LogP) is 1.27. The van der Waals surface area contributed by atoms with Crippen molar-refractivity contribution in [1.29, 1.82) is 0 Å². The zero-order chi connectivity index (χ0) is 13.8. The Hall–Kier alpha value is -2.21. The molecule has 0 unspecified atom stereocenters. The Labute approximate surface area is 108 Å². The van der Waals surface area contributed by atoms with Gasteiger partial charge in [0.25, 0.3) is 0 Å². The van der Waals surface area contributed by atoms with Crippen LogP contribution in [0, 0.1) is 0 Å². The van der Waals surface area contributed by atoms with E-state index in [1.54, 1.807) is 18.2 Å². The summed E-state index contributed by atoms with van der Waals surface area (Å²) in [6.45, 7) is 0.292. The van der Waals surface area contributed by atoms with Crippen LogP contribution in [0.2, 0.25) is 0 Å². The van der Waals surface area contributed by atoms with Gasteiger partial charge in [-0.25, -0.2) is 4.79 Å². The molecule has 6 nitrogen and oxygen atoms in total. The molecule has 1 aromatic heterocycles. The first-order valence-electron chi connectivity index (χ1n) is 5.75. The normalized spacial score (nSPS) is 10.6. The van der Waals surface area contributed by atoms with Gasteiger partial charge in [0.2, 0.25) is 5.75 Å². The molecule has 2 rings (SSSR count). The fourth-order valence-electron chi connectivity index (χ4n) is 1.71. The summed E-state index contributed by atoms with van der Waals surface area (Å²) >= 11 is 0. The molecule has 0 bridgehead atoms. The maximum atomic E-state index is 11.6. The topological polar surface area (TPSA) is 89.1 Å². The molecule has 6 heteroatoms. The van der Waals surface area contributed by atoms with Crippen LogP contribution in [-0.4, -0.2) is 30.5 Å². The van der Waals surface area contributed by atoms with Crippen LogP contribution in [0.15, 0.2) is 27.4 Å². The molecule has 19 heavy (non-hydrogen) atoms. The van der Waals surface area contributed by atoms with Crippen LogP contribution in [0.5, 0.6) is 17.2 Å². The highest BCUT2D eigenvalue weighted by molar-refractivity contribution is 5.89. The molecular formula is C13H14O6. The first kappa shape index (κ1) is 13.2. The lowest BCUT2D eigenvalue weighted by atomic mass is 10.2. The molecule has 1 aromatic carbocycles. The molecule has 1 heterocycles. The van der Waals surface area contributed by atoms with Gasteiger partial charge < -0.3 is 24.1 Å². The van der Waals surface area contributed by atoms with E-state index < -0.39 is 5.63 Å². The van der Waals surface area contributed by atoms with Crippen LogP contribution < -0.4 is 15.1 Å². The maximum Gasteiger partial charge on any atom is 0.383 e. The average Bonchev–Trinajstić information content (AvgIpc) is 2.40. The van der Waals surface area contributed by atoms with Gasteiger partial charge in [0, 0.05) is 13.0 Å². The van der Waals surface area contributed by atoms with E-state index in [4.69, 9.17) is 19.0 Å². The van der Waals surface area contributed by atoms with Crippen LogP contribution in [0.4, 0.5) is 0 Å². The molecule has 0 fully saturated rings. The van der Waals surface area contributed by atoms with Gasteiger partial charge in [-0.05, 0) is 12.1 Å². The number of aliphatic hydroxyl groups excluding tert-OH is 1. The molecule has 0 atom stereocenters. The lowest BCUT2D eigenvalue weighted by Crippen LogP contribution is -2.05. The molecule has 0 radical (unpaired) electrons. The number of rotatable bonds is 5. The smallest absolute Gasteiger partial charge is 0.383 e. The molecule has 0 spiro atoms. The summed E-state index contributed by atoms with van der Waals surface area (Å²) in [5, 5.41) is 19.0. The highest BCUT2D eigenvalue weighted by Gasteiger charge is 2.16. The minimum Gasteiger partial charge on any atom is -0.504 e. The quantitative estimate of drug-likeness (QED) is 0.625. The minimum absolute atomic E-state index is 0.00773. The standard InChI is InChI=1S/C13H14O6/c1-17-12-10(15)8-4-2-5-9(18-7-3-6-14)11(8)19-13(12)16/h2,4-5,14-15H,3,6-7H2,1H3. The van der Waals surface area contributed by atoms with E-state index in [0.29, 0.717) is 17.6 Å². The number of aliphatic hydroxyl groups is 1. The molecule has 0 aliphatic carbocycles. The summed E-state index contributed by atoms with van der Waals surface area (Å²) in [6.07, 6.45) is 0.461. The molecule has 0 aliphatic heterocycles. The van der Waals surface area contributed by atoms with Crippen molar-refractivity contribution in [2.24, 2.45) is 0 Å². The van der Waals surface area contributed by atoms with E-state index in [1.165, 1.54) is 7.11 Å². The summed E-state index contributed by atoms with van der Waals surface area (Å²) < 4.78 is 15.3. The molecule has 0 saturated carbocycles. The summed E-state index contributed by atoms with van der Waals surface area (Å²) in [4.78, 5) is 11.6. The number of hydrogen-bond donors (Lipinski definition) is 2. The van der Waals surface area contributed by atoms with Crippen LogP contribution in [0.1, 0.15) is 6.42 Å². The Bertz CT molecular complexity index is 631. The lowest BCUT2D eigenvalue weighted by Gasteiger charge is -2.09. The van der Waals surface area contributed by atoms with Gasteiger partial charge in [0.05, 0.1) is 19.1 Å². The van der Waals surface area contributed by atoms with Crippen LogP contribution in [-0.2, 0) is 0 Å². The van der Waals surface area contributed by atoms with E-state index in [9.17, 15) is 9.90 Å². The van der Waals surface area contributed by atoms with E-state index in [1.807, 2.05) is 0 Å². The van der Waals surface area contributed by atoms with Crippen molar-refractivity contribution in [2.75, 3.05) is 20.3 Å². The Kier molecular flexibility index (Phi) is 3.91. The third-order valence-electron chi connectivity index (χ3n) is 2.59. The molecule has 0 saturated heterocycles. The van der Waals surface area contributed by atoms with Crippen molar-refractivity contribution in [2.45, 2.75) is 6.42 Å². The van der Waals surface area contributed by atoms with Crippen molar-refractivity contribution in [3.05, 3.63) is 28.6 Å². The number of para-hydroxylation sites is 1. The molecule has 2 aromatic rings. The number of methoxy groups -OCH3 is 1. The van der Waals surface area contributed by atoms with Crippen molar-refractivity contribution < 1.29 is 24.1 Å². The highest BCUT2D eigenvalue weighted by Crippen LogP contribution is 2.35. The zero-order valence-electron chi connectivity index (χ0n) is 10.4. The fourth-order valence-corrected chi connectivity index (χ4v) is 1.71. The average molecular weight is 266 g/mol.